The van der Waals surface area contributed by atoms with Crippen LogP contribution in [0.1, 0.15) is 28.7 Å². The fourth-order valence-electron chi connectivity index (χ4n) is 4.28. The Labute approximate surface area is 194 Å². The van der Waals surface area contributed by atoms with E-state index in [1.807, 2.05) is 0 Å². The molecule has 0 saturated carbocycles. The van der Waals surface area contributed by atoms with Gasteiger partial charge < -0.3 is 24.4 Å². The first-order valence-electron chi connectivity index (χ1n) is 11.2. The summed E-state index contributed by atoms with van der Waals surface area (Å²) in [6.45, 7) is 11.3. The maximum absolute atomic E-state index is 13.2. The van der Waals surface area contributed by atoms with Crippen LogP contribution in [0.25, 0.3) is 0 Å². The normalized spacial score (nSPS) is 18.5. The lowest BCUT2D eigenvalue weighted by atomic mass is 10.1. The minimum atomic E-state index is -3.71. The van der Waals surface area contributed by atoms with Gasteiger partial charge in [-0.1, -0.05) is 12.1 Å². The van der Waals surface area contributed by atoms with Gasteiger partial charge in [-0.15, -0.1) is 0 Å². The molecule has 0 radical (unpaired) electrons. The highest BCUT2D eigenvalue weighted by atomic mass is 32.2. The zero-order valence-electron chi connectivity index (χ0n) is 19.3. The van der Waals surface area contributed by atoms with Gasteiger partial charge in [-0.2, -0.15) is 4.31 Å². The number of benzene rings is 1. The van der Waals surface area contributed by atoms with Crippen LogP contribution in [0.3, 0.4) is 0 Å². The van der Waals surface area contributed by atoms with Gasteiger partial charge >= 0.3 is 0 Å². The third-order valence-electron chi connectivity index (χ3n) is 6.24. The van der Waals surface area contributed by atoms with E-state index in [4.69, 9.17) is 9.26 Å². The molecule has 1 N–H and O–H groups in total. The second-order valence-corrected chi connectivity index (χ2v) is 10.2. The smallest absolute Gasteiger partial charge is 0.261 e. The Morgan fingerprint density at radius 1 is 1.09 bits per heavy atom. The minimum absolute atomic E-state index is 0.148. The van der Waals surface area contributed by atoms with Gasteiger partial charge in [0.2, 0.25) is 10.0 Å². The molecule has 33 heavy (non-hydrogen) atoms. The number of aryl methyl sites for hydroxylation is 2. The van der Waals surface area contributed by atoms with Crippen molar-refractivity contribution >= 4 is 27.3 Å². The Morgan fingerprint density at radius 3 is 2.39 bits per heavy atom. The predicted molar refractivity (Wildman–Crippen MR) is 124 cm³/mol. The second kappa shape index (κ2) is 9.80. The van der Waals surface area contributed by atoms with Crippen LogP contribution in [-0.4, -0.2) is 87.7 Å². The average molecular weight is 478 g/mol. The number of piperazine rings is 1. The highest BCUT2D eigenvalue weighted by molar-refractivity contribution is 7.89. The van der Waals surface area contributed by atoms with Crippen LogP contribution < -0.4 is 10.2 Å². The van der Waals surface area contributed by atoms with Crippen molar-refractivity contribution in [2.24, 2.45) is 0 Å². The van der Waals surface area contributed by atoms with Crippen molar-refractivity contribution in [1.29, 1.82) is 0 Å². The SMILES string of the molecule is CCN1CCN(c2ccc(S(=O)(=O)N3CCOCC3)cc2NC(=O)c2c(C)noc2C)CC1. The van der Waals surface area contributed by atoms with Crippen LogP contribution in [0.4, 0.5) is 11.4 Å². The summed E-state index contributed by atoms with van der Waals surface area (Å²) < 4.78 is 38.3. The first-order valence-corrected chi connectivity index (χ1v) is 12.7. The third kappa shape index (κ3) is 4.91. The third-order valence-corrected chi connectivity index (χ3v) is 8.14. The molecular weight excluding hydrogens is 446 g/mol. The molecule has 2 aliphatic rings. The van der Waals surface area contributed by atoms with Crippen molar-refractivity contribution < 1.29 is 22.5 Å². The molecule has 2 aliphatic heterocycles. The molecule has 2 saturated heterocycles. The number of hydrogen-bond donors (Lipinski definition) is 1. The maximum atomic E-state index is 13.2. The monoisotopic (exact) mass is 477 g/mol. The lowest BCUT2D eigenvalue weighted by Gasteiger charge is -2.36. The number of ether oxygens (including phenoxy) is 1. The minimum Gasteiger partial charge on any atom is -0.379 e. The van der Waals surface area contributed by atoms with E-state index in [0.29, 0.717) is 49.0 Å². The van der Waals surface area contributed by atoms with E-state index in [1.54, 1.807) is 32.0 Å². The molecule has 0 spiro atoms. The van der Waals surface area contributed by atoms with Crippen LogP contribution in [0, 0.1) is 13.8 Å². The molecule has 10 nitrogen and oxygen atoms in total. The van der Waals surface area contributed by atoms with Crippen molar-refractivity contribution in [1.82, 2.24) is 14.4 Å². The van der Waals surface area contributed by atoms with E-state index in [2.05, 4.69) is 27.2 Å². The van der Waals surface area contributed by atoms with Gasteiger partial charge in [0.25, 0.3) is 5.91 Å². The Hall–Kier alpha value is -2.47. The van der Waals surface area contributed by atoms with E-state index in [1.165, 1.54) is 4.31 Å². The molecule has 0 unspecified atom stereocenters. The number of morpholine rings is 1. The van der Waals surface area contributed by atoms with Gasteiger partial charge in [-0.05, 0) is 38.6 Å². The number of hydrogen-bond acceptors (Lipinski definition) is 8. The number of amides is 1. The van der Waals surface area contributed by atoms with Gasteiger partial charge in [0.05, 0.1) is 35.2 Å². The number of sulfonamides is 1. The number of carbonyl (C=O) groups excluding carboxylic acids is 1. The Balaban J connectivity index is 1.68. The first-order chi connectivity index (χ1) is 15.8. The number of likely N-dealkylation sites (N-methyl/N-ethyl adjacent to an activating group) is 1. The zero-order valence-corrected chi connectivity index (χ0v) is 20.2. The van der Waals surface area contributed by atoms with Crippen molar-refractivity contribution in [3.63, 3.8) is 0 Å². The molecule has 11 heteroatoms. The molecule has 180 valence electrons. The molecule has 2 fully saturated rings. The largest absolute Gasteiger partial charge is 0.379 e. The number of carbonyl (C=O) groups is 1. The number of nitrogens with zero attached hydrogens (tertiary/aromatic N) is 4. The number of anilines is 2. The molecule has 0 aliphatic carbocycles. The van der Waals surface area contributed by atoms with Gasteiger partial charge in [0.15, 0.2) is 0 Å². The van der Waals surface area contributed by atoms with Crippen molar-refractivity contribution in [2.45, 2.75) is 25.7 Å². The van der Waals surface area contributed by atoms with E-state index in [0.717, 1.165) is 38.4 Å². The number of rotatable bonds is 6. The molecule has 1 aromatic heterocycles. The molecule has 4 rings (SSSR count). The summed E-state index contributed by atoms with van der Waals surface area (Å²) in [7, 11) is -3.71. The summed E-state index contributed by atoms with van der Waals surface area (Å²) in [5.41, 5.74) is 2.10. The maximum Gasteiger partial charge on any atom is 0.261 e. The molecule has 1 amide bonds. The zero-order chi connectivity index (χ0) is 23.6. The number of aromatic nitrogens is 1. The van der Waals surface area contributed by atoms with Crippen LogP contribution >= 0.6 is 0 Å². The van der Waals surface area contributed by atoms with Crippen LogP contribution in [0.15, 0.2) is 27.6 Å². The van der Waals surface area contributed by atoms with E-state index in [9.17, 15) is 13.2 Å². The summed E-state index contributed by atoms with van der Waals surface area (Å²) in [5.74, 6) is 0.0424. The van der Waals surface area contributed by atoms with E-state index >= 15 is 0 Å². The summed E-state index contributed by atoms with van der Waals surface area (Å²) in [4.78, 5) is 17.8. The van der Waals surface area contributed by atoms with Crippen LogP contribution in [-0.2, 0) is 14.8 Å². The number of nitrogens with one attached hydrogen (secondary N) is 1. The van der Waals surface area contributed by atoms with Crippen LogP contribution in [0.2, 0.25) is 0 Å². The molecule has 2 aromatic rings. The Bertz CT molecular complexity index is 1080. The van der Waals surface area contributed by atoms with Gasteiger partial charge in [-0.25, -0.2) is 8.42 Å². The fraction of sp³-hybridized carbons (Fsp3) is 0.545. The first kappa shape index (κ1) is 23.7. The molecular formula is C22H31N5O5S. The summed E-state index contributed by atoms with van der Waals surface area (Å²) in [6.07, 6.45) is 0. The quantitative estimate of drug-likeness (QED) is 0.670. The topological polar surface area (TPSA) is 108 Å². The van der Waals surface area contributed by atoms with Gasteiger partial charge in [0, 0.05) is 39.3 Å². The summed E-state index contributed by atoms with van der Waals surface area (Å²) >= 11 is 0. The van der Waals surface area contributed by atoms with Gasteiger partial charge in [-0.3, -0.25) is 4.79 Å². The lowest BCUT2D eigenvalue weighted by Crippen LogP contribution is -2.46. The van der Waals surface area contributed by atoms with Crippen molar-refractivity contribution in [3.8, 4) is 0 Å². The van der Waals surface area contributed by atoms with E-state index in [-0.39, 0.29) is 10.8 Å². The molecule has 3 heterocycles. The van der Waals surface area contributed by atoms with E-state index < -0.39 is 10.0 Å². The molecule has 0 bridgehead atoms. The molecule has 0 atom stereocenters. The van der Waals surface area contributed by atoms with Crippen molar-refractivity contribution in [3.05, 3.63) is 35.2 Å². The second-order valence-electron chi connectivity index (χ2n) is 8.27. The van der Waals surface area contributed by atoms with Crippen LogP contribution in [0.5, 0.6) is 0 Å². The Morgan fingerprint density at radius 2 is 1.79 bits per heavy atom. The predicted octanol–water partition coefficient (Wildman–Crippen LogP) is 1.71. The lowest BCUT2D eigenvalue weighted by molar-refractivity contribution is 0.0730. The van der Waals surface area contributed by atoms with Gasteiger partial charge in [0.1, 0.15) is 11.3 Å². The fourth-order valence-corrected chi connectivity index (χ4v) is 5.72. The standard InChI is InChI=1S/C22H31N5O5S/c1-4-25-7-9-26(10-8-25)20-6-5-18(33(29,30)27-11-13-31-14-12-27)15-19(20)23-22(28)21-16(2)24-32-17(21)3/h5-6,15H,4,7-14H2,1-3H3,(H,23,28). The average Bonchev–Trinajstić information content (AvgIpc) is 3.17. The summed E-state index contributed by atoms with van der Waals surface area (Å²) in [6, 6.07) is 4.97. The highest BCUT2D eigenvalue weighted by Crippen LogP contribution is 2.32. The Kier molecular flexibility index (Phi) is 7.03. The summed E-state index contributed by atoms with van der Waals surface area (Å²) in [5, 5.41) is 6.79. The van der Waals surface area contributed by atoms with Crippen molar-refractivity contribution in [2.75, 3.05) is 69.2 Å². The molecule has 1 aromatic carbocycles. The highest BCUT2D eigenvalue weighted by Gasteiger charge is 2.29.